The molecule has 0 saturated heterocycles. The quantitative estimate of drug-likeness (QED) is 0.536. The molecule has 0 aromatic carbocycles. The molecule has 8 heavy (non-hydrogen) atoms. The maximum absolute atomic E-state index is 5.16. The average molecular weight is 133 g/mol. The van der Waals surface area contributed by atoms with Crippen LogP contribution in [0.15, 0.2) is 0 Å². The highest BCUT2D eigenvalue weighted by Crippen LogP contribution is 1.85. The molecule has 2 nitrogen and oxygen atoms in total. The van der Waals surface area contributed by atoms with Crippen LogP contribution in [0.3, 0.4) is 0 Å². The summed E-state index contributed by atoms with van der Waals surface area (Å²) in [5.74, 6) is 0. The first-order valence-corrected chi connectivity index (χ1v) is 4.72. The van der Waals surface area contributed by atoms with Crippen LogP contribution in [0.25, 0.3) is 0 Å². The Balaban J connectivity index is 2.92. The highest BCUT2D eigenvalue weighted by atomic mass is 28.3. The fraction of sp³-hybridized carbons (Fsp3) is 1.00. The Bertz CT molecular complexity index is 43.7. The third kappa shape index (κ3) is 4.30. The zero-order valence-electron chi connectivity index (χ0n) is 5.73. The van der Waals surface area contributed by atoms with Crippen molar-refractivity contribution in [3.63, 3.8) is 0 Å². The SMILES string of the molecule is CCO[Si](C)OCC. The van der Waals surface area contributed by atoms with Gasteiger partial charge in [-0.25, -0.2) is 0 Å². The Hall–Kier alpha value is 0.137. The van der Waals surface area contributed by atoms with Crippen LogP contribution in [0.4, 0.5) is 0 Å². The predicted molar refractivity (Wildman–Crippen MR) is 34.9 cm³/mol. The normalized spacial score (nSPS) is 10.5. The summed E-state index contributed by atoms with van der Waals surface area (Å²) < 4.78 is 10.3. The second-order valence-corrected chi connectivity index (χ2v) is 2.92. The van der Waals surface area contributed by atoms with Gasteiger partial charge in [-0.05, 0) is 20.4 Å². The number of rotatable bonds is 4. The van der Waals surface area contributed by atoms with Crippen molar-refractivity contribution >= 4 is 9.28 Å². The smallest absolute Gasteiger partial charge is 0.381 e. The molecule has 0 aliphatic rings. The van der Waals surface area contributed by atoms with Gasteiger partial charge in [-0.3, -0.25) is 0 Å². The van der Waals surface area contributed by atoms with E-state index >= 15 is 0 Å². The fourth-order valence-corrected chi connectivity index (χ4v) is 1.34. The van der Waals surface area contributed by atoms with E-state index in [9.17, 15) is 0 Å². The lowest BCUT2D eigenvalue weighted by Gasteiger charge is -2.05. The van der Waals surface area contributed by atoms with Crippen LogP contribution in [0.5, 0.6) is 0 Å². The van der Waals surface area contributed by atoms with Crippen LogP contribution in [-0.2, 0) is 8.85 Å². The first-order chi connectivity index (χ1) is 3.81. The van der Waals surface area contributed by atoms with Crippen LogP contribution in [0, 0.1) is 0 Å². The lowest BCUT2D eigenvalue weighted by molar-refractivity contribution is 0.219. The zero-order chi connectivity index (χ0) is 6.41. The molecule has 0 unspecified atom stereocenters. The second-order valence-electron chi connectivity index (χ2n) is 1.36. The second kappa shape index (κ2) is 5.28. The minimum atomic E-state index is -0.891. The monoisotopic (exact) mass is 133 g/mol. The van der Waals surface area contributed by atoms with Crippen molar-refractivity contribution in [1.29, 1.82) is 0 Å². The molecule has 0 amide bonds. The molecule has 0 aliphatic heterocycles. The molecule has 0 rings (SSSR count). The summed E-state index contributed by atoms with van der Waals surface area (Å²) in [5, 5.41) is 0. The Labute approximate surface area is 52.7 Å². The highest BCUT2D eigenvalue weighted by Gasteiger charge is 2.02. The van der Waals surface area contributed by atoms with Crippen molar-refractivity contribution in [2.24, 2.45) is 0 Å². The average Bonchev–Trinajstić information content (AvgIpc) is 1.68. The summed E-state index contributed by atoms with van der Waals surface area (Å²) in [6.07, 6.45) is 0. The summed E-state index contributed by atoms with van der Waals surface area (Å²) in [6, 6.07) is 0. The summed E-state index contributed by atoms with van der Waals surface area (Å²) in [5.41, 5.74) is 0. The van der Waals surface area contributed by atoms with Crippen molar-refractivity contribution in [1.82, 2.24) is 0 Å². The Morgan fingerprint density at radius 1 is 1.12 bits per heavy atom. The van der Waals surface area contributed by atoms with Gasteiger partial charge in [0.25, 0.3) is 0 Å². The lowest BCUT2D eigenvalue weighted by atomic mass is 10.9. The van der Waals surface area contributed by atoms with Crippen molar-refractivity contribution < 1.29 is 8.85 Å². The number of hydrogen-bond acceptors (Lipinski definition) is 2. The fourth-order valence-electron chi connectivity index (χ4n) is 0.448. The molecule has 0 aromatic heterocycles. The maximum atomic E-state index is 5.16. The van der Waals surface area contributed by atoms with Crippen LogP contribution in [-0.4, -0.2) is 22.5 Å². The van der Waals surface area contributed by atoms with Gasteiger partial charge in [0.1, 0.15) is 0 Å². The predicted octanol–water partition coefficient (Wildman–Crippen LogP) is 1.18. The molecule has 0 atom stereocenters. The van der Waals surface area contributed by atoms with Gasteiger partial charge in [0.2, 0.25) is 0 Å². The van der Waals surface area contributed by atoms with Crippen molar-refractivity contribution in [2.45, 2.75) is 20.4 Å². The standard InChI is InChI=1S/C5H13O2Si/c1-4-6-8(3)7-5-2/h4-5H2,1-3H3. The molecule has 0 aromatic rings. The van der Waals surface area contributed by atoms with E-state index < -0.39 is 9.28 Å². The van der Waals surface area contributed by atoms with E-state index in [2.05, 4.69) is 0 Å². The number of hydrogen-bond donors (Lipinski definition) is 0. The van der Waals surface area contributed by atoms with E-state index in [1.807, 2.05) is 20.4 Å². The van der Waals surface area contributed by atoms with Gasteiger partial charge >= 0.3 is 9.28 Å². The molecule has 0 N–H and O–H groups in total. The molecule has 1 radical (unpaired) electrons. The molecule has 0 heterocycles. The first kappa shape index (κ1) is 8.14. The molecular weight excluding hydrogens is 120 g/mol. The van der Waals surface area contributed by atoms with Gasteiger partial charge in [0.05, 0.1) is 0 Å². The van der Waals surface area contributed by atoms with E-state index in [-0.39, 0.29) is 0 Å². The van der Waals surface area contributed by atoms with Gasteiger partial charge in [-0.15, -0.1) is 0 Å². The largest absolute Gasteiger partial charge is 0.394 e. The Kier molecular flexibility index (Phi) is 5.37. The van der Waals surface area contributed by atoms with Crippen molar-refractivity contribution in [3.8, 4) is 0 Å². The summed E-state index contributed by atoms with van der Waals surface area (Å²) >= 11 is 0. The molecule has 0 bridgehead atoms. The van der Waals surface area contributed by atoms with Crippen molar-refractivity contribution in [3.05, 3.63) is 0 Å². The first-order valence-electron chi connectivity index (χ1n) is 2.90. The molecule has 0 aliphatic carbocycles. The van der Waals surface area contributed by atoms with Gasteiger partial charge in [0, 0.05) is 13.2 Å². The topological polar surface area (TPSA) is 18.5 Å². The molecule has 49 valence electrons. The Morgan fingerprint density at radius 3 is 1.75 bits per heavy atom. The molecule has 0 spiro atoms. The summed E-state index contributed by atoms with van der Waals surface area (Å²) in [7, 11) is -0.891. The third-order valence-corrected chi connectivity index (χ3v) is 2.09. The molecule has 0 fully saturated rings. The van der Waals surface area contributed by atoms with E-state index in [0.29, 0.717) is 0 Å². The summed E-state index contributed by atoms with van der Waals surface area (Å²) in [6.45, 7) is 7.49. The van der Waals surface area contributed by atoms with Gasteiger partial charge in [0.15, 0.2) is 0 Å². The van der Waals surface area contributed by atoms with Crippen LogP contribution < -0.4 is 0 Å². The lowest BCUT2D eigenvalue weighted by Crippen LogP contribution is -2.17. The van der Waals surface area contributed by atoms with Crippen LogP contribution in [0.2, 0.25) is 6.55 Å². The van der Waals surface area contributed by atoms with E-state index in [1.165, 1.54) is 0 Å². The highest BCUT2D eigenvalue weighted by molar-refractivity contribution is 6.42. The zero-order valence-corrected chi connectivity index (χ0v) is 6.73. The molecule has 0 saturated carbocycles. The van der Waals surface area contributed by atoms with Gasteiger partial charge in [-0.1, -0.05) is 0 Å². The summed E-state index contributed by atoms with van der Waals surface area (Å²) in [4.78, 5) is 0. The van der Waals surface area contributed by atoms with Crippen LogP contribution >= 0.6 is 0 Å². The van der Waals surface area contributed by atoms with Crippen LogP contribution in [0.1, 0.15) is 13.8 Å². The van der Waals surface area contributed by atoms with E-state index in [4.69, 9.17) is 8.85 Å². The van der Waals surface area contributed by atoms with Gasteiger partial charge in [-0.2, -0.15) is 0 Å². The molecule has 3 heteroatoms. The minimum Gasteiger partial charge on any atom is -0.394 e. The minimum absolute atomic E-state index is 0.769. The van der Waals surface area contributed by atoms with Crippen molar-refractivity contribution in [2.75, 3.05) is 13.2 Å². The Morgan fingerprint density at radius 2 is 1.50 bits per heavy atom. The third-order valence-electron chi connectivity index (χ3n) is 0.695. The van der Waals surface area contributed by atoms with Gasteiger partial charge < -0.3 is 8.85 Å². The van der Waals surface area contributed by atoms with E-state index in [1.54, 1.807) is 0 Å². The van der Waals surface area contributed by atoms with E-state index in [0.717, 1.165) is 13.2 Å². The molecular formula is C5H13O2Si. The maximum Gasteiger partial charge on any atom is 0.381 e.